The van der Waals surface area contributed by atoms with E-state index in [2.05, 4.69) is 25.7 Å². The number of esters is 6. The molecule has 0 radical (unpaired) electrons. The van der Waals surface area contributed by atoms with Crippen LogP contribution in [0.2, 0.25) is 0 Å². The zero-order chi connectivity index (χ0) is 50.8. The second kappa shape index (κ2) is 49.7. The number of aliphatic hydroxyl groups is 1. The summed E-state index contributed by atoms with van der Waals surface area (Å²) in [4.78, 5) is 77.8. The molecule has 69 heavy (non-hydrogen) atoms. The van der Waals surface area contributed by atoms with Crippen molar-refractivity contribution in [2.75, 3.05) is 65.9 Å². The Balaban J connectivity index is 4.97. The van der Waals surface area contributed by atoms with E-state index in [0.29, 0.717) is 13.0 Å². The van der Waals surface area contributed by atoms with Crippen LogP contribution in [0.1, 0.15) is 240 Å². The molecule has 0 heterocycles. The molecule has 0 aliphatic carbocycles. The van der Waals surface area contributed by atoms with Gasteiger partial charge in [0, 0.05) is 32.2 Å². The van der Waals surface area contributed by atoms with Crippen LogP contribution >= 0.6 is 0 Å². The molecule has 0 aliphatic rings. The van der Waals surface area contributed by atoms with E-state index >= 15 is 0 Å². The van der Waals surface area contributed by atoms with Crippen LogP contribution in [-0.4, -0.2) is 112 Å². The highest BCUT2D eigenvalue weighted by Crippen LogP contribution is 2.15. The van der Waals surface area contributed by atoms with E-state index in [-0.39, 0.29) is 103 Å². The minimum atomic E-state index is -0.673. The molecule has 0 fully saturated rings. The van der Waals surface area contributed by atoms with Gasteiger partial charge in [0.25, 0.3) is 0 Å². The molecule has 0 aromatic rings. The highest BCUT2D eigenvalue weighted by Gasteiger charge is 2.21. The first-order valence-electron chi connectivity index (χ1n) is 27.8. The smallest absolute Gasteiger partial charge is 0.306 e. The summed E-state index contributed by atoms with van der Waals surface area (Å²) in [5, 5.41) is 9.23. The average molecular weight is 984 g/mol. The molecule has 404 valence electrons. The first-order valence-corrected chi connectivity index (χ1v) is 27.8. The lowest BCUT2D eigenvalue weighted by molar-refractivity contribution is -0.158. The molecule has 0 amide bonds. The largest absolute Gasteiger partial charge is 0.465 e. The average Bonchev–Trinajstić information content (AvgIpc) is 3.34. The molecule has 0 saturated carbocycles. The van der Waals surface area contributed by atoms with Crippen LogP contribution in [0, 0.1) is 11.8 Å². The molecule has 0 spiro atoms. The van der Waals surface area contributed by atoms with Crippen LogP contribution < -0.4 is 0 Å². The van der Waals surface area contributed by atoms with Crippen molar-refractivity contribution in [2.45, 2.75) is 240 Å². The first-order chi connectivity index (χ1) is 33.6. The zero-order valence-corrected chi connectivity index (χ0v) is 44.4. The van der Waals surface area contributed by atoms with Crippen molar-refractivity contribution in [3.8, 4) is 0 Å². The third-order valence-electron chi connectivity index (χ3n) is 12.3. The minimum absolute atomic E-state index is 0.0784. The number of ether oxygens (including phenoxy) is 6. The Morgan fingerprint density at radius 3 is 0.797 bits per heavy atom. The van der Waals surface area contributed by atoms with Crippen molar-refractivity contribution in [2.24, 2.45) is 11.8 Å². The number of rotatable bonds is 51. The lowest BCUT2D eigenvalue weighted by Gasteiger charge is -2.19. The summed E-state index contributed by atoms with van der Waals surface area (Å²) in [6.45, 7) is 10.0. The third kappa shape index (κ3) is 45.6. The Kier molecular flexibility index (Phi) is 47.4. The van der Waals surface area contributed by atoms with Crippen molar-refractivity contribution >= 4 is 35.8 Å². The molecule has 0 aromatic heterocycles. The quantitative estimate of drug-likeness (QED) is 0.0345. The topological polar surface area (TPSA) is 181 Å². The van der Waals surface area contributed by atoms with E-state index in [4.69, 9.17) is 28.4 Å². The Morgan fingerprint density at radius 2 is 0.551 bits per heavy atom. The van der Waals surface area contributed by atoms with Gasteiger partial charge in [0.15, 0.2) is 0 Å². The van der Waals surface area contributed by atoms with Gasteiger partial charge in [-0.2, -0.15) is 0 Å². The molecule has 1 N–H and O–H groups in total. The van der Waals surface area contributed by atoms with Crippen molar-refractivity contribution in [1.29, 1.82) is 0 Å². The molecule has 0 rings (SSSR count). The fraction of sp³-hybridized carbons (Fsp3) is 0.891. The Labute approximate surface area is 419 Å². The summed E-state index contributed by atoms with van der Waals surface area (Å²) in [5.41, 5.74) is 0. The number of carbonyl (C=O) groups is 6. The van der Waals surface area contributed by atoms with E-state index in [1.807, 2.05) is 6.92 Å². The molecule has 14 nitrogen and oxygen atoms in total. The first kappa shape index (κ1) is 65.7. The lowest BCUT2D eigenvalue weighted by atomic mass is 10.0. The molecule has 0 aliphatic heterocycles. The van der Waals surface area contributed by atoms with Gasteiger partial charge in [-0.1, -0.05) is 169 Å². The Bertz CT molecular complexity index is 1230. The van der Waals surface area contributed by atoms with E-state index in [0.717, 1.165) is 109 Å². The number of hydrogen-bond donors (Lipinski definition) is 1. The van der Waals surface area contributed by atoms with E-state index in [1.54, 1.807) is 0 Å². The number of nitrogens with zero attached hydrogens (tertiary/aromatic N) is 1. The second-order valence-corrected chi connectivity index (χ2v) is 19.0. The molecular weight excluding hydrogens is 883 g/mol. The number of likely N-dealkylation sites (N-methyl/N-ethyl adjacent to an activating group) is 1. The lowest BCUT2D eigenvalue weighted by Crippen LogP contribution is -2.28. The monoisotopic (exact) mass is 984 g/mol. The van der Waals surface area contributed by atoms with Crippen LogP contribution in [0.5, 0.6) is 0 Å². The SMILES string of the molecule is CCCCCCCCCCCCCCCCCC(=O)OCC(COC(=O)CCCCN(CC)CCO)COC(=O)CCC(=O)OCC(COC(=O)CCCCCCC)COC(=O)CCCCCCC. The van der Waals surface area contributed by atoms with E-state index in [9.17, 15) is 33.9 Å². The fourth-order valence-electron chi connectivity index (χ4n) is 7.75. The number of aliphatic hydroxyl groups excluding tert-OH is 1. The van der Waals surface area contributed by atoms with Gasteiger partial charge < -0.3 is 38.4 Å². The number of carbonyl (C=O) groups excluding carboxylic acids is 6. The zero-order valence-electron chi connectivity index (χ0n) is 44.4. The van der Waals surface area contributed by atoms with Gasteiger partial charge in [0.1, 0.15) is 39.6 Å². The summed E-state index contributed by atoms with van der Waals surface area (Å²) >= 11 is 0. The Morgan fingerprint density at radius 1 is 0.319 bits per heavy atom. The Hall–Kier alpha value is -3.26. The maximum Gasteiger partial charge on any atom is 0.306 e. The van der Waals surface area contributed by atoms with Gasteiger partial charge >= 0.3 is 35.8 Å². The van der Waals surface area contributed by atoms with Gasteiger partial charge in [-0.25, -0.2) is 0 Å². The van der Waals surface area contributed by atoms with Crippen LogP contribution in [-0.2, 0) is 57.2 Å². The standard InChI is InChI=1S/C55H101NO13/c1-5-9-12-15-16-17-18-19-20-21-22-23-24-27-30-35-52(60)66-44-49(45-67-53(61)36-31-32-39-56(8-4)40-41-57)47-69-55(63)38-37-54(62)68-46-48(42-64-50(58)33-28-25-13-10-6-2)43-65-51(59)34-29-26-14-11-7-3/h48-49,57H,5-47H2,1-4H3. The summed E-state index contributed by atoms with van der Waals surface area (Å²) in [6.07, 6.45) is 30.2. The van der Waals surface area contributed by atoms with Crippen molar-refractivity contribution < 1.29 is 62.3 Å². The van der Waals surface area contributed by atoms with Gasteiger partial charge in [-0.3, -0.25) is 28.8 Å². The maximum absolute atomic E-state index is 12.8. The molecular formula is C55H101NO13. The van der Waals surface area contributed by atoms with Crippen LogP contribution in [0.4, 0.5) is 0 Å². The summed E-state index contributed by atoms with van der Waals surface area (Å²) in [7, 11) is 0. The molecule has 0 bridgehead atoms. The second-order valence-electron chi connectivity index (χ2n) is 19.0. The predicted octanol–water partition coefficient (Wildman–Crippen LogP) is 11.7. The van der Waals surface area contributed by atoms with Gasteiger partial charge in [-0.15, -0.1) is 0 Å². The van der Waals surface area contributed by atoms with E-state index < -0.39 is 29.7 Å². The highest BCUT2D eigenvalue weighted by atomic mass is 16.6. The van der Waals surface area contributed by atoms with Crippen LogP contribution in [0.3, 0.4) is 0 Å². The molecule has 1 unspecified atom stereocenters. The van der Waals surface area contributed by atoms with E-state index in [1.165, 1.54) is 70.6 Å². The maximum atomic E-state index is 12.8. The van der Waals surface area contributed by atoms with Gasteiger partial charge in [0.05, 0.1) is 31.3 Å². The van der Waals surface area contributed by atoms with Crippen molar-refractivity contribution in [1.82, 2.24) is 4.90 Å². The van der Waals surface area contributed by atoms with Crippen molar-refractivity contribution in [3.05, 3.63) is 0 Å². The minimum Gasteiger partial charge on any atom is -0.465 e. The number of hydrogen-bond acceptors (Lipinski definition) is 14. The van der Waals surface area contributed by atoms with Crippen LogP contribution in [0.15, 0.2) is 0 Å². The highest BCUT2D eigenvalue weighted by molar-refractivity contribution is 5.77. The molecule has 1 atom stereocenters. The number of unbranched alkanes of at least 4 members (excludes halogenated alkanes) is 23. The summed E-state index contributed by atoms with van der Waals surface area (Å²) < 4.78 is 32.9. The van der Waals surface area contributed by atoms with Crippen LogP contribution in [0.25, 0.3) is 0 Å². The normalized spacial score (nSPS) is 11.7. The molecule has 14 heteroatoms. The van der Waals surface area contributed by atoms with Gasteiger partial charge in [-0.05, 0) is 45.2 Å². The molecule has 0 saturated heterocycles. The molecule has 0 aromatic carbocycles. The van der Waals surface area contributed by atoms with Gasteiger partial charge in [0.2, 0.25) is 0 Å². The third-order valence-corrected chi connectivity index (χ3v) is 12.3. The fourth-order valence-corrected chi connectivity index (χ4v) is 7.75. The summed E-state index contributed by atoms with van der Waals surface area (Å²) in [5.74, 6) is -3.99. The summed E-state index contributed by atoms with van der Waals surface area (Å²) in [6, 6.07) is 0. The predicted molar refractivity (Wildman–Crippen MR) is 271 cm³/mol. The van der Waals surface area contributed by atoms with Crippen molar-refractivity contribution in [3.63, 3.8) is 0 Å².